The van der Waals surface area contributed by atoms with Gasteiger partial charge in [0.2, 0.25) is 0 Å². The van der Waals surface area contributed by atoms with Gasteiger partial charge in [0, 0.05) is 29.7 Å². The normalized spacial score (nSPS) is 11.2. The fourth-order valence-corrected chi connectivity index (χ4v) is 2.89. The predicted molar refractivity (Wildman–Crippen MR) is 79.5 cm³/mol. The van der Waals surface area contributed by atoms with Crippen molar-refractivity contribution >= 4 is 16.9 Å². The number of benzene rings is 1. The summed E-state index contributed by atoms with van der Waals surface area (Å²) >= 11 is 0. The van der Waals surface area contributed by atoms with Gasteiger partial charge in [0.1, 0.15) is 0 Å². The molecule has 0 amide bonds. The zero-order valence-corrected chi connectivity index (χ0v) is 12.2. The Morgan fingerprint density at radius 1 is 1.30 bits per heavy atom. The fraction of sp³-hybridized carbons (Fsp3) is 0.438. The molecule has 0 spiro atoms. The standard InChI is InChI=1S/C16H21NO3/c1-4-12-11(3)17(6-5-7-18)15-9-13(16(19)20)10(2)8-14(12)15/h8-9,18H,4-7H2,1-3H3,(H,19,20). The summed E-state index contributed by atoms with van der Waals surface area (Å²) in [6, 6.07) is 3.73. The van der Waals surface area contributed by atoms with E-state index in [1.807, 2.05) is 13.0 Å². The second-order valence-electron chi connectivity index (χ2n) is 5.14. The molecule has 0 aliphatic carbocycles. The number of aromatic carboxylic acids is 1. The van der Waals surface area contributed by atoms with Gasteiger partial charge in [0.05, 0.1) is 5.56 Å². The number of hydrogen-bond acceptors (Lipinski definition) is 2. The maximum absolute atomic E-state index is 11.3. The molecule has 2 aromatic rings. The summed E-state index contributed by atoms with van der Waals surface area (Å²) in [5.74, 6) is -0.894. The smallest absolute Gasteiger partial charge is 0.336 e. The van der Waals surface area contributed by atoms with Crippen molar-refractivity contribution in [1.29, 1.82) is 0 Å². The van der Waals surface area contributed by atoms with E-state index in [1.54, 1.807) is 6.07 Å². The quantitative estimate of drug-likeness (QED) is 0.882. The van der Waals surface area contributed by atoms with E-state index in [9.17, 15) is 9.90 Å². The Balaban J connectivity index is 2.73. The molecule has 108 valence electrons. The molecule has 1 aromatic heterocycles. The number of carboxylic acids is 1. The lowest BCUT2D eigenvalue weighted by Gasteiger charge is -2.08. The van der Waals surface area contributed by atoms with Crippen molar-refractivity contribution in [2.24, 2.45) is 0 Å². The van der Waals surface area contributed by atoms with E-state index < -0.39 is 5.97 Å². The van der Waals surface area contributed by atoms with Crippen LogP contribution >= 0.6 is 0 Å². The minimum Gasteiger partial charge on any atom is -0.478 e. The summed E-state index contributed by atoms with van der Waals surface area (Å²) in [6.45, 7) is 6.85. The number of hydrogen-bond donors (Lipinski definition) is 2. The van der Waals surface area contributed by atoms with Crippen molar-refractivity contribution in [2.45, 2.75) is 40.2 Å². The lowest BCUT2D eigenvalue weighted by Crippen LogP contribution is -2.04. The molecule has 0 fully saturated rings. The third-order valence-corrected chi connectivity index (χ3v) is 3.92. The highest BCUT2D eigenvalue weighted by atomic mass is 16.4. The van der Waals surface area contributed by atoms with Gasteiger partial charge >= 0.3 is 5.97 Å². The van der Waals surface area contributed by atoms with Crippen molar-refractivity contribution in [3.05, 3.63) is 34.5 Å². The summed E-state index contributed by atoms with van der Waals surface area (Å²) in [7, 11) is 0. The number of fused-ring (bicyclic) bond motifs is 1. The van der Waals surface area contributed by atoms with Gasteiger partial charge < -0.3 is 14.8 Å². The largest absolute Gasteiger partial charge is 0.478 e. The van der Waals surface area contributed by atoms with E-state index in [2.05, 4.69) is 18.4 Å². The first-order valence-electron chi connectivity index (χ1n) is 6.97. The van der Waals surface area contributed by atoms with Crippen LogP contribution in [0.4, 0.5) is 0 Å². The van der Waals surface area contributed by atoms with Gasteiger partial charge in [0.25, 0.3) is 0 Å². The Hall–Kier alpha value is -1.81. The zero-order chi connectivity index (χ0) is 14.9. The van der Waals surface area contributed by atoms with Gasteiger partial charge in [-0.2, -0.15) is 0 Å². The van der Waals surface area contributed by atoms with Gasteiger partial charge in [-0.15, -0.1) is 0 Å². The monoisotopic (exact) mass is 275 g/mol. The Morgan fingerprint density at radius 2 is 2.00 bits per heavy atom. The van der Waals surface area contributed by atoms with Gasteiger partial charge in [-0.1, -0.05) is 6.92 Å². The second kappa shape index (κ2) is 5.67. The van der Waals surface area contributed by atoms with E-state index in [0.717, 1.165) is 28.6 Å². The number of aliphatic hydroxyl groups excluding tert-OH is 1. The Bertz CT molecular complexity index is 656. The highest BCUT2D eigenvalue weighted by Crippen LogP contribution is 2.29. The summed E-state index contributed by atoms with van der Waals surface area (Å²) < 4.78 is 2.12. The number of carbonyl (C=O) groups is 1. The minimum atomic E-state index is -0.894. The molecule has 4 heteroatoms. The third-order valence-electron chi connectivity index (χ3n) is 3.92. The number of nitrogens with zero attached hydrogens (tertiary/aromatic N) is 1. The van der Waals surface area contributed by atoms with Crippen molar-refractivity contribution in [3.8, 4) is 0 Å². The van der Waals surface area contributed by atoms with Crippen LogP contribution in [0.2, 0.25) is 0 Å². The molecule has 2 rings (SSSR count). The predicted octanol–water partition coefficient (Wildman–Crippen LogP) is 2.90. The first-order chi connectivity index (χ1) is 9.51. The highest BCUT2D eigenvalue weighted by molar-refractivity contribution is 5.96. The summed E-state index contributed by atoms with van der Waals surface area (Å²) in [5.41, 5.74) is 4.52. The van der Waals surface area contributed by atoms with Crippen LogP contribution < -0.4 is 0 Å². The Labute approximate surface area is 118 Å². The third kappa shape index (κ3) is 2.31. The number of rotatable bonds is 5. The first-order valence-corrected chi connectivity index (χ1v) is 6.97. The molecule has 0 unspecified atom stereocenters. The summed E-state index contributed by atoms with van der Waals surface area (Å²) in [4.78, 5) is 11.3. The van der Waals surface area contributed by atoms with E-state index in [4.69, 9.17) is 5.11 Å². The number of aryl methyl sites for hydroxylation is 3. The summed E-state index contributed by atoms with van der Waals surface area (Å²) in [6.07, 6.45) is 1.59. The van der Waals surface area contributed by atoms with Crippen LogP contribution in [0.1, 0.15) is 40.5 Å². The molecule has 0 aliphatic rings. The van der Waals surface area contributed by atoms with Crippen LogP contribution in [0.15, 0.2) is 12.1 Å². The highest BCUT2D eigenvalue weighted by Gasteiger charge is 2.16. The van der Waals surface area contributed by atoms with E-state index in [1.165, 1.54) is 5.56 Å². The molecule has 0 radical (unpaired) electrons. The van der Waals surface area contributed by atoms with Gasteiger partial charge in [-0.05, 0) is 49.9 Å². The van der Waals surface area contributed by atoms with Crippen LogP contribution in [0, 0.1) is 13.8 Å². The first kappa shape index (κ1) is 14.6. The van der Waals surface area contributed by atoms with Crippen LogP contribution in [-0.4, -0.2) is 27.4 Å². The van der Waals surface area contributed by atoms with E-state index in [0.29, 0.717) is 18.5 Å². The number of aromatic nitrogens is 1. The molecule has 0 atom stereocenters. The van der Waals surface area contributed by atoms with Gasteiger partial charge in [-0.3, -0.25) is 0 Å². The molecule has 0 aliphatic heterocycles. The average Bonchev–Trinajstić information content (AvgIpc) is 2.66. The van der Waals surface area contributed by atoms with Crippen LogP contribution in [0.5, 0.6) is 0 Å². The van der Waals surface area contributed by atoms with E-state index in [-0.39, 0.29) is 6.61 Å². The van der Waals surface area contributed by atoms with Crippen LogP contribution in [-0.2, 0) is 13.0 Å². The molecule has 0 saturated heterocycles. The second-order valence-corrected chi connectivity index (χ2v) is 5.14. The van der Waals surface area contributed by atoms with Crippen LogP contribution in [0.25, 0.3) is 10.9 Å². The molecule has 1 heterocycles. The molecule has 2 N–H and O–H groups in total. The lowest BCUT2D eigenvalue weighted by molar-refractivity contribution is 0.0696. The molecular formula is C16H21NO3. The molecule has 0 saturated carbocycles. The molecule has 1 aromatic carbocycles. The van der Waals surface area contributed by atoms with Crippen LogP contribution in [0.3, 0.4) is 0 Å². The van der Waals surface area contributed by atoms with Crippen molar-refractivity contribution in [3.63, 3.8) is 0 Å². The number of aliphatic hydroxyl groups is 1. The molecule has 0 bridgehead atoms. The van der Waals surface area contributed by atoms with Crippen molar-refractivity contribution in [2.75, 3.05) is 6.61 Å². The SMILES string of the molecule is CCc1c(C)n(CCCO)c2cc(C(=O)O)c(C)cc12. The maximum Gasteiger partial charge on any atom is 0.336 e. The van der Waals surface area contributed by atoms with E-state index >= 15 is 0 Å². The van der Waals surface area contributed by atoms with Gasteiger partial charge in [0.15, 0.2) is 0 Å². The van der Waals surface area contributed by atoms with Crippen molar-refractivity contribution in [1.82, 2.24) is 4.57 Å². The maximum atomic E-state index is 11.3. The topological polar surface area (TPSA) is 62.5 Å². The molecule has 20 heavy (non-hydrogen) atoms. The lowest BCUT2D eigenvalue weighted by atomic mass is 10.0. The Morgan fingerprint density at radius 3 is 2.55 bits per heavy atom. The summed E-state index contributed by atoms with van der Waals surface area (Å²) in [5, 5.41) is 19.4. The fourth-order valence-electron chi connectivity index (χ4n) is 2.89. The molecule has 4 nitrogen and oxygen atoms in total. The Kier molecular flexibility index (Phi) is 4.14. The average molecular weight is 275 g/mol. The number of carboxylic acid groups (broad SMARTS) is 1. The van der Waals surface area contributed by atoms with Gasteiger partial charge in [-0.25, -0.2) is 4.79 Å². The zero-order valence-electron chi connectivity index (χ0n) is 12.2. The molecular weight excluding hydrogens is 254 g/mol. The minimum absolute atomic E-state index is 0.137. The van der Waals surface area contributed by atoms with Crippen molar-refractivity contribution < 1.29 is 15.0 Å².